The fraction of sp³-hybridized carbons (Fsp3) is 0.273. The summed E-state index contributed by atoms with van der Waals surface area (Å²) in [6.45, 7) is 1.12. The summed E-state index contributed by atoms with van der Waals surface area (Å²) in [6.07, 6.45) is 5.57. The summed E-state index contributed by atoms with van der Waals surface area (Å²) in [5.74, 6) is -0.185. The zero-order valence-electron chi connectivity index (χ0n) is 9.67. The first-order valence-electron chi connectivity index (χ1n) is 5.51. The number of nitrogens with one attached hydrogen (secondary N) is 1. The van der Waals surface area contributed by atoms with Crippen molar-refractivity contribution in [1.82, 2.24) is 20.3 Å². The lowest BCUT2D eigenvalue weighted by atomic mass is 10.4. The molecule has 1 amide bonds. The van der Waals surface area contributed by atoms with Gasteiger partial charge in [-0.2, -0.15) is 0 Å². The molecular weight excluding hydrogens is 250 g/mol. The molecule has 0 spiro atoms. The molecule has 0 fully saturated rings. The summed E-state index contributed by atoms with van der Waals surface area (Å²) >= 11 is 1.37. The van der Waals surface area contributed by atoms with Gasteiger partial charge in [0.15, 0.2) is 0 Å². The van der Waals surface area contributed by atoms with Gasteiger partial charge in [0.1, 0.15) is 16.4 Å². The lowest BCUT2D eigenvalue weighted by Crippen LogP contribution is -2.26. The molecule has 0 unspecified atom stereocenters. The molecule has 2 aromatic rings. The van der Waals surface area contributed by atoms with Gasteiger partial charge in [0.25, 0.3) is 5.91 Å². The van der Waals surface area contributed by atoms with Crippen LogP contribution in [0.4, 0.5) is 0 Å². The first-order chi connectivity index (χ1) is 8.81. The smallest absolute Gasteiger partial charge is 0.270 e. The summed E-state index contributed by atoms with van der Waals surface area (Å²) < 4.78 is 0. The predicted octanol–water partition coefficient (Wildman–Crippen LogP) is 0.679. The van der Waals surface area contributed by atoms with Crippen LogP contribution < -0.4 is 11.1 Å². The van der Waals surface area contributed by atoms with E-state index in [0.717, 1.165) is 6.42 Å². The predicted molar refractivity (Wildman–Crippen MR) is 69.1 cm³/mol. The standard InChI is InChI=1S/C11H13N5OS/c12-2-1-3-15-10(17)9-7-18-11(16-9)8-6-13-4-5-14-8/h4-7H,1-3,12H2,(H,15,17). The molecule has 0 saturated carbocycles. The number of carbonyl (C=O) groups excluding carboxylic acids is 1. The van der Waals surface area contributed by atoms with E-state index < -0.39 is 0 Å². The Morgan fingerprint density at radius 1 is 1.44 bits per heavy atom. The third-order valence-corrected chi connectivity index (χ3v) is 3.05. The Balaban J connectivity index is 2.04. The molecule has 2 heterocycles. The SMILES string of the molecule is NCCCNC(=O)c1csc(-c2cnccn2)n1. The zero-order valence-corrected chi connectivity index (χ0v) is 10.5. The minimum atomic E-state index is -0.185. The second-order valence-electron chi connectivity index (χ2n) is 3.53. The van der Waals surface area contributed by atoms with Crippen molar-refractivity contribution in [1.29, 1.82) is 0 Å². The van der Waals surface area contributed by atoms with E-state index in [-0.39, 0.29) is 5.91 Å². The summed E-state index contributed by atoms with van der Waals surface area (Å²) in [5, 5.41) is 5.15. The maximum Gasteiger partial charge on any atom is 0.270 e. The topological polar surface area (TPSA) is 93.8 Å². The van der Waals surface area contributed by atoms with Gasteiger partial charge in [-0.1, -0.05) is 0 Å². The Bertz CT molecular complexity index is 513. The number of nitrogens with two attached hydrogens (primary N) is 1. The molecule has 7 heteroatoms. The van der Waals surface area contributed by atoms with Crippen LogP contribution in [0.5, 0.6) is 0 Å². The molecule has 0 atom stereocenters. The zero-order chi connectivity index (χ0) is 12.8. The Labute approximate surface area is 108 Å². The second-order valence-corrected chi connectivity index (χ2v) is 4.38. The van der Waals surface area contributed by atoms with Gasteiger partial charge in [0.2, 0.25) is 0 Å². The Kier molecular flexibility index (Phi) is 4.32. The van der Waals surface area contributed by atoms with Crippen LogP contribution in [0.15, 0.2) is 24.0 Å². The van der Waals surface area contributed by atoms with Crippen molar-refractivity contribution >= 4 is 17.2 Å². The number of thiazole rings is 1. The number of hydrogen-bond donors (Lipinski definition) is 2. The van der Waals surface area contributed by atoms with Crippen LogP contribution in [0, 0.1) is 0 Å². The second kappa shape index (κ2) is 6.18. The molecule has 0 aliphatic heterocycles. The van der Waals surface area contributed by atoms with Crippen molar-refractivity contribution < 1.29 is 4.79 Å². The number of carbonyl (C=O) groups is 1. The highest BCUT2D eigenvalue weighted by molar-refractivity contribution is 7.13. The van der Waals surface area contributed by atoms with Crippen molar-refractivity contribution in [2.75, 3.05) is 13.1 Å². The Morgan fingerprint density at radius 3 is 3.06 bits per heavy atom. The molecule has 6 nitrogen and oxygen atoms in total. The van der Waals surface area contributed by atoms with Crippen LogP contribution in [-0.2, 0) is 0 Å². The molecule has 0 aliphatic rings. The molecule has 18 heavy (non-hydrogen) atoms. The van der Waals surface area contributed by atoms with E-state index in [1.165, 1.54) is 11.3 Å². The van der Waals surface area contributed by atoms with E-state index in [2.05, 4.69) is 20.3 Å². The van der Waals surface area contributed by atoms with Crippen molar-refractivity contribution in [3.8, 4) is 10.7 Å². The summed E-state index contributed by atoms with van der Waals surface area (Å²) in [4.78, 5) is 24.1. The van der Waals surface area contributed by atoms with Gasteiger partial charge in [-0.25, -0.2) is 4.98 Å². The highest BCUT2D eigenvalue weighted by Crippen LogP contribution is 2.20. The van der Waals surface area contributed by atoms with Crippen molar-refractivity contribution in [3.63, 3.8) is 0 Å². The molecule has 2 aromatic heterocycles. The van der Waals surface area contributed by atoms with Crippen LogP contribution >= 0.6 is 11.3 Å². The molecule has 0 aliphatic carbocycles. The largest absolute Gasteiger partial charge is 0.351 e. The van der Waals surface area contributed by atoms with Crippen molar-refractivity contribution in [2.24, 2.45) is 5.73 Å². The van der Waals surface area contributed by atoms with Crippen LogP contribution in [0.3, 0.4) is 0 Å². The summed E-state index contributed by atoms with van der Waals surface area (Å²) in [6, 6.07) is 0. The van der Waals surface area contributed by atoms with E-state index >= 15 is 0 Å². The normalized spacial score (nSPS) is 10.3. The van der Waals surface area contributed by atoms with Gasteiger partial charge in [-0.15, -0.1) is 11.3 Å². The minimum Gasteiger partial charge on any atom is -0.351 e. The average Bonchev–Trinajstić information content (AvgIpc) is 2.89. The number of amides is 1. The van der Waals surface area contributed by atoms with E-state index in [1.54, 1.807) is 24.0 Å². The Hall–Kier alpha value is -1.86. The van der Waals surface area contributed by atoms with E-state index in [4.69, 9.17) is 5.73 Å². The Morgan fingerprint density at radius 2 is 2.33 bits per heavy atom. The summed E-state index contributed by atoms with van der Waals surface area (Å²) in [5.41, 5.74) is 6.42. The molecule has 2 rings (SSSR count). The fourth-order valence-corrected chi connectivity index (χ4v) is 2.06. The lowest BCUT2D eigenvalue weighted by molar-refractivity contribution is 0.0949. The maximum atomic E-state index is 11.7. The molecule has 0 radical (unpaired) electrons. The first kappa shape index (κ1) is 12.6. The van der Waals surface area contributed by atoms with Crippen LogP contribution in [0.25, 0.3) is 10.7 Å². The number of aromatic nitrogens is 3. The van der Waals surface area contributed by atoms with Gasteiger partial charge in [0.05, 0.1) is 6.20 Å². The highest BCUT2D eigenvalue weighted by atomic mass is 32.1. The van der Waals surface area contributed by atoms with Gasteiger partial charge in [-0.3, -0.25) is 14.8 Å². The van der Waals surface area contributed by atoms with Gasteiger partial charge in [-0.05, 0) is 13.0 Å². The van der Waals surface area contributed by atoms with E-state index in [9.17, 15) is 4.79 Å². The third kappa shape index (κ3) is 3.08. The maximum absolute atomic E-state index is 11.7. The molecular formula is C11H13N5OS. The van der Waals surface area contributed by atoms with Crippen LogP contribution in [-0.4, -0.2) is 33.9 Å². The quantitative estimate of drug-likeness (QED) is 0.774. The molecule has 3 N–H and O–H groups in total. The lowest BCUT2D eigenvalue weighted by Gasteiger charge is -2.00. The van der Waals surface area contributed by atoms with E-state index in [1.807, 2.05) is 0 Å². The van der Waals surface area contributed by atoms with Crippen molar-refractivity contribution in [3.05, 3.63) is 29.7 Å². The number of hydrogen-bond acceptors (Lipinski definition) is 6. The van der Waals surface area contributed by atoms with Crippen LogP contribution in [0.2, 0.25) is 0 Å². The fourth-order valence-electron chi connectivity index (χ4n) is 1.30. The minimum absolute atomic E-state index is 0.185. The third-order valence-electron chi connectivity index (χ3n) is 2.19. The molecule has 0 aromatic carbocycles. The molecule has 0 saturated heterocycles. The number of nitrogens with zero attached hydrogens (tertiary/aromatic N) is 3. The van der Waals surface area contributed by atoms with Gasteiger partial charge in [0, 0.05) is 24.3 Å². The number of rotatable bonds is 5. The van der Waals surface area contributed by atoms with Crippen molar-refractivity contribution in [2.45, 2.75) is 6.42 Å². The highest BCUT2D eigenvalue weighted by Gasteiger charge is 2.11. The van der Waals surface area contributed by atoms with Gasteiger partial charge < -0.3 is 11.1 Å². The monoisotopic (exact) mass is 263 g/mol. The van der Waals surface area contributed by atoms with Crippen LogP contribution in [0.1, 0.15) is 16.9 Å². The first-order valence-corrected chi connectivity index (χ1v) is 6.39. The molecule has 0 bridgehead atoms. The van der Waals surface area contributed by atoms with E-state index in [0.29, 0.717) is 29.5 Å². The van der Waals surface area contributed by atoms with Gasteiger partial charge >= 0.3 is 0 Å². The summed E-state index contributed by atoms with van der Waals surface area (Å²) in [7, 11) is 0. The average molecular weight is 263 g/mol. The molecule has 94 valence electrons.